The summed E-state index contributed by atoms with van der Waals surface area (Å²) in [5.74, 6) is -1.29. The summed E-state index contributed by atoms with van der Waals surface area (Å²) in [6.07, 6.45) is 0.0839. The minimum Gasteiger partial charge on any atom is -0.326 e. The van der Waals surface area contributed by atoms with Crippen LogP contribution in [0.2, 0.25) is 5.02 Å². The molecule has 0 bridgehead atoms. The second-order valence-electron chi connectivity index (χ2n) is 5.76. The van der Waals surface area contributed by atoms with Crippen molar-refractivity contribution < 1.29 is 14.4 Å². The molecule has 3 N–H and O–H groups in total. The maximum absolute atomic E-state index is 12.6. The van der Waals surface area contributed by atoms with Crippen LogP contribution in [-0.4, -0.2) is 17.7 Å². The summed E-state index contributed by atoms with van der Waals surface area (Å²) >= 11 is 6.12. The van der Waals surface area contributed by atoms with E-state index in [-0.39, 0.29) is 24.1 Å². The van der Waals surface area contributed by atoms with Gasteiger partial charge in [0.1, 0.15) is 0 Å². The fourth-order valence-electron chi connectivity index (χ4n) is 2.76. The molecule has 0 spiro atoms. The molecule has 3 amide bonds. The highest BCUT2D eigenvalue weighted by Crippen LogP contribution is 2.33. The van der Waals surface area contributed by atoms with Crippen molar-refractivity contribution in [2.75, 3.05) is 16.0 Å². The van der Waals surface area contributed by atoms with Crippen molar-refractivity contribution in [2.45, 2.75) is 19.3 Å². The van der Waals surface area contributed by atoms with E-state index in [2.05, 4.69) is 16.0 Å². The Morgan fingerprint density at radius 2 is 1.92 bits per heavy atom. The van der Waals surface area contributed by atoms with Gasteiger partial charge in [-0.3, -0.25) is 14.4 Å². The van der Waals surface area contributed by atoms with Crippen LogP contribution < -0.4 is 16.0 Å². The van der Waals surface area contributed by atoms with Gasteiger partial charge in [0.15, 0.2) is 0 Å². The molecule has 0 aromatic heterocycles. The molecule has 25 heavy (non-hydrogen) atoms. The van der Waals surface area contributed by atoms with Gasteiger partial charge in [-0.25, -0.2) is 0 Å². The van der Waals surface area contributed by atoms with Gasteiger partial charge in [-0.1, -0.05) is 29.8 Å². The maximum atomic E-state index is 12.6. The quantitative estimate of drug-likeness (QED) is 0.787. The molecule has 0 fully saturated rings. The summed E-state index contributed by atoms with van der Waals surface area (Å²) in [6.45, 7) is 1.39. The van der Waals surface area contributed by atoms with Gasteiger partial charge in [0.05, 0.1) is 16.6 Å². The zero-order valence-electron chi connectivity index (χ0n) is 13.4. The van der Waals surface area contributed by atoms with E-state index in [0.29, 0.717) is 22.1 Å². The lowest BCUT2D eigenvalue weighted by Crippen LogP contribution is -2.30. The third kappa shape index (κ3) is 3.80. The lowest BCUT2D eigenvalue weighted by Gasteiger charge is -2.24. The van der Waals surface area contributed by atoms with Crippen LogP contribution in [0.3, 0.4) is 0 Å². The van der Waals surface area contributed by atoms with Gasteiger partial charge >= 0.3 is 0 Å². The summed E-state index contributed by atoms with van der Waals surface area (Å²) < 4.78 is 0. The topological polar surface area (TPSA) is 87.3 Å². The predicted octanol–water partition coefficient (Wildman–Crippen LogP) is 3.36. The summed E-state index contributed by atoms with van der Waals surface area (Å²) in [7, 11) is 0. The number of anilines is 3. The smallest absolute Gasteiger partial charge is 0.232 e. The van der Waals surface area contributed by atoms with Crippen molar-refractivity contribution in [1.82, 2.24) is 0 Å². The molecule has 7 heteroatoms. The van der Waals surface area contributed by atoms with Crippen LogP contribution in [0.1, 0.15) is 24.8 Å². The first-order chi connectivity index (χ1) is 11.9. The molecule has 0 saturated carbocycles. The molecule has 1 heterocycles. The highest BCUT2D eigenvalue weighted by Gasteiger charge is 2.30. The number of nitrogens with one attached hydrogen (secondary N) is 3. The number of rotatable bonds is 3. The third-order valence-electron chi connectivity index (χ3n) is 3.86. The first-order valence-electron chi connectivity index (χ1n) is 7.71. The Morgan fingerprint density at radius 3 is 2.64 bits per heavy atom. The number of para-hydroxylation sites is 1. The predicted molar refractivity (Wildman–Crippen MR) is 96.8 cm³/mol. The van der Waals surface area contributed by atoms with Crippen LogP contribution >= 0.6 is 11.6 Å². The van der Waals surface area contributed by atoms with Gasteiger partial charge in [-0.2, -0.15) is 0 Å². The van der Waals surface area contributed by atoms with Gasteiger partial charge in [-0.15, -0.1) is 0 Å². The Morgan fingerprint density at radius 1 is 1.16 bits per heavy atom. The number of hydrogen-bond acceptors (Lipinski definition) is 3. The SMILES string of the molecule is CC(=O)Nc1ccc(NC(=O)[C@H]2CC(=O)Nc3ccccc32)cc1Cl. The molecule has 0 unspecified atom stereocenters. The van der Waals surface area contributed by atoms with Crippen LogP contribution in [0.5, 0.6) is 0 Å². The Bertz CT molecular complexity index is 866. The monoisotopic (exact) mass is 357 g/mol. The maximum Gasteiger partial charge on any atom is 0.232 e. The van der Waals surface area contributed by atoms with E-state index in [1.165, 1.54) is 6.92 Å². The number of amides is 3. The lowest BCUT2D eigenvalue weighted by atomic mass is 9.90. The second kappa shape index (κ2) is 6.94. The standard InChI is InChI=1S/C18H16ClN3O3/c1-10(23)20-16-7-6-11(8-14(16)19)21-18(25)13-9-17(24)22-15-5-3-2-4-12(13)15/h2-8,13H,9H2,1H3,(H,20,23)(H,21,25)(H,22,24)/t13-/m0/s1. The molecule has 0 saturated heterocycles. The normalized spacial score (nSPS) is 15.8. The van der Waals surface area contributed by atoms with Crippen molar-refractivity contribution >= 4 is 46.4 Å². The van der Waals surface area contributed by atoms with E-state index in [1.807, 2.05) is 12.1 Å². The summed E-state index contributed by atoms with van der Waals surface area (Å²) in [4.78, 5) is 35.6. The number of halogens is 1. The van der Waals surface area contributed by atoms with E-state index in [1.54, 1.807) is 30.3 Å². The molecule has 0 radical (unpaired) electrons. The summed E-state index contributed by atoms with van der Waals surface area (Å²) in [5.41, 5.74) is 2.39. The first-order valence-corrected chi connectivity index (χ1v) is 8.08. The van der Waals surface area contributed by atoms with Crippen molar-refractivity contribution in [2.24, 2.45) is 0 Å². The average Bonchev–Trinajstić information content (AvgIpc) is 2.56. The highest BCUT2D eigenvalue weighted by molar-refractivity contribution is 6.34. The summed E-state index contributed by atoms with van der Waals surface area (Å²) in [6, 6.07) is 12.0. The van der Waals surface area contributed by atoms with Crippen molar-refractivity contribution in [3.05, 3.63) is 53.1 Å². The van der Waals surface area contributed by atoms with E-state index in [9.17, 15) is 14.4 Å². The van der Waals surface area contributed by atoms with Crippen LogP contribution in [0.4, 0.5) is 17.1 Å². The Hall–Kier alpha value is -2.86. The molecule has 3 rings (SSSR count). The minimum absolute atomic E-state index is 0.0839. The van der Waals surface area contributed by atoms with Crippen molar-refractivity contribution in [3.63, 3.8) is 0 Å². The van der Waals surface area contributed by atoms with E-state index >= 15 is 0 Å². The molecular formula is C18H16ClN3O3. The van der Waals surface area contributed by atoms with Crippen molar-refractivity contribution in [3.8, 4) is 0 Å². The molecule has 1 aliphatic rings. The number of hydrogen-bond donors (Lipinski definition) is 3. The van der Waals surface area contributed by atoms with E-state index in [4.69, 9.17) is 11.6 Å². The first kappa shape index (κ1) is 17.0. The van der Waals surface area contributed by atoms with E-state index < -0.39 is 5.92 Å². The molecule has 2 aromatic rings. The molecule has 1 atom stereocenters. The second-order valence-corrected chi connectivity index (χ2v) is 6.16. The van der Waals surface area contributed by atoms with Crippen molar-refractivity contribution in [1.29, 1.82) is 0 Å². The number of fused-ring (bicyclic) bond motifs is 1. The highest BCUT2D eigenvalue weighted by atomic mass is 35.5. The molecule has 2 aromatic carbocycles. The largest absolute Gasteiger partial charge is 0.326 e. The van der Waals surface area contributed by atoms with Gasteiger partial charge in [0.25, 0.3) is 0 Å². The van der Waals surface area contributed by atoms with E-state index in [0.717, 1.165) is 5.56 Å². The summed E-state index contributed by atoms with van der Waals surface area (Å²) in [5, 5.41) is 8.46. The fraction of sp³-hybridized carbons (Fsp3) is 0.167. The Labute approximate surface area is 149 Å². The molecule has 0 aliphatic carbocycles. The van der Waals surface area contributed by atoms with Gasteiger partial charge in [-0.05, 0) is 29.8 Å². The number of carbonyl (C=O) groups is 3. The van der Waals surface area contributed by atoms with Gasteiger partial charge in [0.2, 0.25) is 17.7 Å². The molecular weight excluding hydrogens is 342 g/mol. The van der Waals surface area contributed by atoms with Gasteiger partial charge < -0.3 is 16.0 Å². The average molecular weight is 358 g/mol. The van der Waals surface area contributed by atoms with Crippen LogP contribution in [-0.2, 0) is 14.4 Å². The Kier molecular flexibility index (Phi) is 4.72. The lowest BCUT2D eigenvalue weighted by molar-refractivity contribution is -0.123. The number of carbonyl (C=O) groups excluding carboxylic acids is 3. The molecule has 6 nitrogen and oxygen atoms in total. The Balaban J connectivity index is 1.80. The number of benzene rings is 2. The third-order valence-corrected chi connectivity index (χ3v) is 4.18. The van der Waals surface area contributed by atoms with Crippen LogP contribution in [0.25, 0.3) is 0 Å². The molecule has 1 aliphatic heterocycles. The van der Waals surface area contributed by atoms with Crippen LogP contribution in [0, 0.1) is 0 Å². The van der Waals surface area contributed by atoms with Gasteiger partial charge in [0, 0.05) is 24.7 Å². The van der Waals surface area contributed by atoms with Crippen LogP contribution in [0.15, 0.2) is 42.5 Å². The molecule has 128 valence electrons. The minimum atomic E-state index is -0.571. The zero-order valence-corrected chi connectivity index (χ0v) is 14.2. The zero-order chi connectivity index (χ0) is 18.0. The fourth-order valence-corrected chi connectivity index (χ4v) is 2.99.